The summed E-state index contributed by atoms with van der Waals surface area (Å²) in [6, 6.07) is 20.6. The number of carbonyl (C=O) groups is 1. The molecule has 0 spiro atoms. The highest BCUT2D eigenvalue weighted by molar-refractivity contribution is 7.99. The van der Waals surface area contributed by atoms with Crippen LogP contribution >= 0.6 is 11.8 Å². The van der Waals surface area contributed by atoms with Crippen molar-refractivity contribution in [1.29, 1.82) is 0 Å². The number of unbranched alkanes of at least 4 members (excludes halogenated alkanes) is 1. The van der Waals surface area contributed by atoms with Gasteiger partial charge in [-0.25, -0.2) is 4.98 Å². The Morgan fingerprint density at radius 2 is 1.68 bits per heavy atom. The van der Waals surface area contributed by atoms with Gasteiger partial charge in [0.25, 0.3) is 0 Å². The van der Waals surface area contributed by atoms with Crippen molar-refractivity contribution in [2.75, 3.05) is 12.3 Å². The van der Waals surface area contributed by atoms with Crippen LogP contribution in [0.3, 0.4) is 0 Å². The molecule has 2 aromatic carbocycles. The lowest BCUT2D eigenvalue weighted by Crippen LogP contribution is -2.23. The van der Waals surface area contributed by atoms with Crippen LogP contribution in [0.4, 0.5) is 0 Å². The SMILES string of the molecule is CCCNC(=O)CCCCSc1nc(-c2ccccc2)c(-c2ccccc2)[nH]1. The summed E-state index contributed by atoms with van der Waals surface area (Å²) in [5.41, 5.74) is 4.27. The first kappa shape index (κ1) is 20.2. The molecular formula is C23H27N3OS. The van der Waals surface area contributed by atoms with Crippen molar-refractivity contribution in [3.63, 3.8) is 0 Å². The lowest BCUT2D eigenvalue weighted by Gasteiger charge is -2.03. The Bertz CT molecular complexity index is 805. The number of rotatable bonds is 10. The first-order chi connectivity index (χ1) is 13.8. The smallest absolute Gasteiger partial charge is 0.219 e. The molecule has 2 N–H and O–H groups in total. The number of carbonyl (C=O) groups excluding carboxylic acids is 1. The van der Waals surface area contributed by atoms with Gasteiger partial charge in [0, 0.05) is 29.8 Å². The molecule has 1 heterocycles. The zero-order valence-electron chi connectivity index (χ0n) is 16.3. The highest BCUT2D eigenvalue weighted by atomic mass is 32.2. The van der Waals surface area contributed by atoms with Crippen LogP contribution in [0.25, 0.3) is 22.5 Å². The molecule has 28 heavy (non-hydrogen) atoms. The van der Waals surface area contributed by atoms with E-state index in [1.165, 1.54) is 0 Å². The molecule has 0 aliphatic rings. The summed E-state index contributed by atoms with van der Waals surface area (Å²) in [5, 5.41) is 3.85. The number of hydrogen-bond acceptors (Lipinski definition) is 3. The summed E-state index contributed by atoms with van der Waals surface area (Å²) in [6.07, 6.45) is 3.48. The van der Waals surface area contributed by atoms with Crippen LogP contribution in [0.1, 0.15) is 32.6 Å². The van der Waals surface area contributed by atoms with Crippen LogP contribution in [0.5, 0.6) is 0 Å². The van der Waals surface area contributed by atoms with Crippen LogP contribution in [-0.4, -0.2) is 28.2 Å². The molecule has 146 valence electrons. The highest BCUT2D eigenvalue weighted by Crippen LogP contribution is 2.32. The summed E-state index contributed by atoms with van der Waals surface area (Å²) in [6.45, 7) is 2.83. The first-order valence-electron chi connectivity index (χ1n) is 9.88. The minimum absolute atomic E-state index is 0.155. The Morgan fingerprint density at radius 1 is 1.00 bits per heavy atom. The number of aromatic nitrogens is 2. The standard InChI is InChI=1S/C23H27N3OS/c1-2-16-24-20(27)15-9-10-17-28-23-25-21(18-11-5-3-6-12-18)22(26-23)19-13-7-4-8-14-19/h3-8,11-14H,2,9-10,15-17H2,1H3,(H,24,27)(H,25,26). The average molecular weight is 394 g/mol. The second kappa shape index (κ2) is 10.7. The quantitative estimate of drug-likeness (QED) is 0.352. The normalized spacial score (nSPS) is 10.8. The van der Waals surface area contributed by atoms with Crippen LogP contribution in [0.2, 0.25) is 0 Å². The molecule has 3 rings (SSSR count). The van der Waals surface area contributed by atoms with Gasteiger partial charge < -0.3 is 10.3 Å². The van der Waals surface area contributed by atoms with E-state index in [1.54, 1.807) is 11.8 Å². The Morgan fingerprint density at radius 3 is 2.36 bits per heavy atom. The third kappa shape index (κ3) is 5.73. The molecular weight excluding hydrogens is 366 g/mol. The molecule has 4 nitrogen and oxygen atoms in total. The van der Waals surface area contributed by atoms with E-state index in [1.807, 2.05) is 36.4 Å². The largest absolute Gasteiger partial charge is 0.356 e. The van der Waals surface area contributed by atoms with Crippen molar-refractivity contribution < 1.29 is 4.79 Å². The number of nitrogens with one attached hydrogen (secondary N) is 2. The molecule has 0 fully saturated rings. The van der Waals surface area contributed by atoms with Gasteiger partial charge in [0.15, 0.2) is 5.16 Å². The van der Waals surface area contributed by atoms with Gasteiger partial charge in [-0.1, -0.05) is 79.3 Å². The van der Waals surface area contributed by atoms with E-state index in [4.69, 9.17) is 4.98 Å². The van der Waals surface area contributed by atoms with E-state index in [-0.39, 0.29) is 5.91 Å². The minimum atomic E-state index is 0.155. The molecule has 1 amide bonds. The lowest BCUT2D eigenvalue weighted by atomic mass is 10.1. The van der Waals surface area contributed by atoms with Crippen LogP contribution in [0.15, 0.2) is 65.8 Å². The Hall–Kier alpha value is -2.53. The van der Waals surface area contributed by atoms with E-state index in [2.05, 4.69) is 41.5 Å². The number of imidazole rings is 1. The van der Waals surface area contributed by atoms with Crippen LogP contribution < -0.4 is 5.32 Å². The molecule has 5 heteroatoms. The van der Waals surface area contributed by atoms with Gasteiger partial charge in [-0.15, -0.1) is 0 Å². The van der Waals surface area contributed by atoms with Crippen molar-refractivity contribution in [3.05, 3.63) is 60.7 Å². The topological polar surface area (TPSA) is 57.8 Å². The highest BCUT2D eigenvalue weighted by Gasteiger charge is 2.14. The van der Waals surface area contributed by atoms with Crippen molar-refractivity contribution >= 4 is 17.7 Å². The second-order valence-corrected chi connectivity index (χ2v) is 7.74. The monoisotopic (exact) mass is 393 g/mol. The fraction of sp³-hybridized carbons (Fsp3) is 0.304. The zero-order valence-corrected chi connectivity index (χ0v) is 17.1. The van der Waals surface area contributed by atoms with Gasteiger partial charge in [0.05, 0.1) is 11.4 Å². The maximum Gasteiger partial charge on any atom is 0.219 e. The molecule has 0 radical (unpaired) electrons. The molecule has 0 saturated heterocycles. The predicted octanol–water partition coefficient (Wildman–Crippen LogP) is 5.53. The van der Waals surface area contributed by atoms with Gasteiger partial charge >= 0.3 is 0 Å². The molecule has 0 aliphatic carbocycles. The van der Waals surface area contributed by atoms with Crippen molar-refractivity contribution in [2.24, 2.45) is 0 Å². The molecule has 1 aromatic heterocycles. The van der Waals surface area contributed by atoms with E-state index < -0.39 is 0 Å². The Balaban J connectivity index is 1.63. The number of thioether (sulfide) groups is 1. The van der Waals surface area contributed by atoms with Crippen LogP contribution in [-0.2, 0) is 4.79 Å². The molecule has 0 saturated carbocycles. The maximum atomic E-state index is 11.7. The lowest BCUT2D eigenvalue weighted by molar-refractivity contribution is -0.121. The maximum absolute atomic E-state index is 11.7. The van der Waals surface area contributed by atoms with Gasteiger partial charge in [-0.3, -0.25) is 4.79 Å². The molecule has 3 aromatic rings. The summed E-state index contributed by atoms with van der Waals surface area (Å²) >= 11 is 1.72. The third-order valence-electron chi connectivity index (χ3n) is 4.40. The fourth-order valence-corrected chi connectivity index (χ4v) is 3.82. The van der Waals surface area contributed by atoms with E-state index in [0.717, 1.165) is 59.2 Å². The van der Waals surface area contributed by atoms with Crippen molar-refractivity contribution in [2.45, 2.75) is 37.8 Å². The molecule has 0 bridgehead atoms. The predicted molar refractivity (Wildman–Crippen MR) is 117 cm³/mol. The summed E-state index contributed by atoms with van der Waals surface area (Å²) in [5.74, 6) is 1.10. The second-order valence-electron chi connectivity index (χ2n) is 6.65. The zero-order chi connectivity index (χ0) is 19.6. The van der Waals surface area contributed by atoms with Crippen molar-refractivity contribution in [1.82, 2.24) is 15.3 Å². The third-order valence-corrected chi connectivity index (χ3v) is 5.36. The van der Waals surface area contributed by atoms with E-state index in [9.17, 15) is 4.79 Å². The van der Waals surface area contributed by atoms with Gasteiger partial charge in [0.1, 0.15) is 0 Å². The first-order valence-corrected chi connectivity index (χ1v) is 10.9. The number of nitrogens with zero attached hydrogens (tertiary/aromatic N) is 1. The molecule has 0 aliphatic heterocycles. The molecule has 0 unspecified atom stereocenters. The minimum Gasteiger partial charge on any atom is -0.356 e. The van der Waals surface area contributed by atoms with E-state index >= 15 is 0 Å². The average Bonchev–Trinajstić information content (AvgIpc) is 3.17. The summed E-state index contributed by atoms with van der Waals surface area (Å²) < 4.78 is 0. The van der Waals surface area contributed by atoms with Gasteiger partial charge in [-0.2, -0.15) is 0 Å². The van der Waals surface area contributed by atoms with Gasteiger partial charge in [0.2, 0.25) is 5.91 Å². The van der Waals surface area contributed by atoms with Crippen molar-refractivity contribution in [3.8, 4) is 22.5 Å². The number of hydrogen-bond donors (Lipinski definition) is 2. The molecule has 0 atom stereocenters. The Kier molecular flexibility index (Phi) is 7.73. The fourth-order valence-electron chi connectivity index (χ4n) is 2.95. The van der Waals surface area contributed by atoms with Gasteiger partial charge in [-0.05, 0) is 19.3 Å². The summed E-state index contributed by atoms with van der Waals surface area (Å²) in [4.78, 5) is 20.0. The Labute approximate surface area is 171 Å². The van der Waals surface area contributed by atoms with E-state index in [0.29, 0.717) is 6.42 Å². The number of H-pyrrole nitrogens is 1. The number of aromatic amines is 1. The number of amides is 1. The number of benzene rings is 2. The summed E-state index contributed by atoms with van der Waals surface area (Å²) in [7, 11) is 0. The van der Waals surface area contributed by atoms with Crippen LogP contribution in [0, 0.1) is 0 Å².